The van der Waals surface area contributed by atoms with Crippen LogP contribution in [-0.4, -0.2) is 251 Å². The van der Waals surface area contributed by atoms with Gasteiger partial charge in [-0.25, -0.2) is 57.1 Å². The highest BCUT2D eigenvalue weighted by Crippen LogP contribution is 2.48. The summed E-state index contributed by atoms with van der Waals surface area (Å²) in [4.78, 5) is 26.4. The first-order valence-electron chi connectivity index (χ1n) is 48.3. The molecule has 30 nitrogen and oxygen atoms in total. The fourth-order valence-corrected chi connectivity index (χ4v) is 13.8. The van der Waals surface area contributed by atoms with E-state index in [-0.39, 0.29) is 102 Å². The van der Waals surface area contributed by atoms with Gasteiger partial charge in [0.15, 0.2) is 66.4 Å². The van der Waals surface area contributed by atoms with Crippen LogP contribution < -0.4 is 16.0 Å². The van der Waals surface area contributed by atoms with Gasteiger partial charge in [-0.2, -0.15) is 0 Å². The number of nitrogens with one attached hydrogen (secondary N) is 3. The van der Waals surface area contributed by atoms with Gasteiger partial charge >= 0.3 is 0 Å². The molecule has 6 fully saturated rings. The van der Waals surface area contributed by atoms with E-state index in [1.165, 1.54) is 49.0 Å². The van der Waals surface area contributed by atoms with Crippen molar-refractivity contribution in [2.45, 2.75) is 223 Å². The molecule has 0 unspecified atom stereocenters. The molecule has 582 valence electrons. The molecule has 3 aromatic carbocycles. The molecular formula is C72H93F3N18O12S3. The van der Waals surface area contributed by atoms with Crippen LogP contribution >= 0.6 is 35.3 Å². The standard InChI is InChI=1S/3C24H31FN6O4S/c3*1-3-8-36-24-27-22(26-16-10-14(16)13-5-4-12(2)15(25)9-13)19-23(28-24)31(30-29-19)17-11-18(35-7-6-32)21(34)20(17)33/h3*4-5,9,14,16-18,20-21,32-34H,3,6-8,10-11H2,1-2H3,(H,26,27,28)/t3*14-,16+,17+,18-,20-,21+/m000/s1/i4D,5D,6D2,7D2,9D,10D2,14D,16D;4D,5D,7D2,9D,10D2,14D,16D;4D,5D,6D2,9D,10D2,14D,16D. The normalized spacial score (nSPS) is 37.5. The molecule has 0 radical (unpaired) electrons. The van der Waals surface area contributed by atoms with Gasteiger partial charge in [-0.15, -0.1) is 15.3 Å². The highest BCUT2D eigenvalue weighted by Gasteiger charge is 2.49. The molecule has 6 aromatic heterocycles. The lowest BCUT2D eigenvalue weighted by Gasteiger charge is -2.17. The number of ether oxygens (including phenoxy) is 3. The van der Waals surface area contributed by atoms with Crippen molar-refractivity contribution in [3.05, 3.63) is 105 Å². The Kier molecular flexibility index (Phi) is 16.2. The molecule has 6 aliphatic rings. The van der Waals surface area contributed by atoms with E-state index in [4.69, 9.17) is 54.0 Å². The largest absolute Gasteiger partial charge is 0.394 e. The van der Waals surface area contributed by atoms with Gasteiger partial charge in [0.05, 0.1) is 103 Å². The van der Waals surface area contributed by atoms with Gasteiger partial charge in [-0.1, -0.05) is 108 Å². The first kappa shape index (κ1) is 50.0. The van der Waals surface area contributed by atoms with E-state index in [2.05, 4.69) is 76.8 Å². The first-order valence-corrected chi connectivity index (χ1v) is 36.7. The van der Waals surface area contributed by atoms with Crippen LogP contribution in [0.3, 0.4) is 0 Å². The van der Waals surface area contributed by atoms with E-state index in [9.17, 15) is 59.1 Å². The van der Waals surface area contributed by atoms with Crippen LogP contribution in [-0.2, 0) is 14.2 Å². The molecule has 18 atom stereocenters. The van der Waals surface area contributed by atoms with E-state index < -0.39 is 256 Å². The van der Waals surface area contributed by atoms with Gasteiger partial charge in [-0.3, -0.25) is 0 Å². The van der Waals surface area contributed by atoms with Crippen LogP contribution in [0.1, 0.15) is 187 Å². The molecule has 6 heterocycles. The molecule has 0 aliphatic heterocycles. The number of benzene rings is 3. The van der Waals surface area contributed by atoms with Gasteiger partial charge in [-0.05, 0) is 111 Å². The monoisotopic (exact) mass is 1580 g/mol. The van der Waals surface area contributed by atoms with Crippen molar-refractivity contribution in [3.63, 3.8) is 0 Å². The average Bonchev–Trinajstić information content (AvgIpc) is 1.48. The number of rotatable bonds is 30. The molecule has 108 heavy (non-hydrogen) atoms. The predicted octanol–water partition coefficient (Wildman–Crippen LogP) is 6.55. The average molecular weight is 1590 g/mol. The summed E-state index contributed by atoms with van der Waals surface area (Å²) in [6.07, 6.45) is -20.4. The molecule has 0 saturated heterocycles. The van der Waals surface area contributed by atoms with Gasteiger partial charge in [0, 0.05) is 84.6 Å². The second-order valence-electron chi connectivity index (χ2n) is 25.0. The Bertz CT molecular complexity index is 6100. The Balaban J connectivity index is 0.000000174. The summed E-state index contributed by atoms with van der Waals surface area (Å²) in [6.45, 7) is -4.41. The number of aromatic nitrogens is 15. The smallest absolute Gasteiger partial charge is 0.191 e. The molecule has 12 N–H and O–H groups in total. The topological polar surface area (TPSA) is 415 Å². The molecule has 0 amide bonds. The number of nitrogens with zero attached hydrogens (tertiary/aromatic N) is 15. The number of hydrogen-bond donors (Lipinski definition) is 12. The highest BCUT2D eigenvalue weighted by atomic mass is 32.2. The Morgan fingerprint density at radius 1 is 0.481 bits per heavy atom. The van der Waals surface area contributed by atoms with Crippen LogP contribution in [0.5, 0.6) is 0 Å². The number of anilines is 3. The Morgan fingerprint density at radius 2 is 0.806 bits per heavy atom. The summed E-state index contributed by atoms with van der Waals surface area (Å²) >= 11 is 3.53. The van der Waals surface area contributed by atoms with Gasteiger partial charge in [0.1, 0.15) is 54.1 Å². The van der Waals surface area contributed by atoms with Crippen LogP contribution in [0.15, 0.2) is 69.9 Å². The van der Waals surface area contributed by atoms with Crippen LogP contribution in [0, 0.1) is 38.2 Å². The first-order chi connectivity index (χ1) is 63.3. The maximum Gasteiger partial charge on any atom is 0.191 e. The zero-order valence-electron chi connectivity index (χ0n) is 87.0. The summed E-state index contributed by atoms with van der Waals surface area (Å²) in [6, 6.07) is -18.3. The SMILES string of the molecule is [2H]c1c([2H])c([C@]2([2H])C([2H])([2H])[C@@]2([2H])Nc2nc(SCCC)nc3c2nnn3[C@@H]2C[C@H](OC([2H])([2H])C([2H])([2H])O)[C@@H](O)[C@H]2O)c([2H])c(F)c1C.[2H]c1c([2H])c([C@]2([2H])C([2H])([2H])[C@@]2([2H])Nc2nc(SCCC)nc3c2nnn3[C@@H]2C[C@H](OC([2H])([2H])CO)[C@@H](O)[C@H]2O)c([2H])c(F)c1C.[2H]c1c([2H])c([C@]2([2H])C([2H])([2H])[C@@]2([2H])Nc2nc(SCCC)nc3c2nnn3[C@@H]2C[C@H](OCC([2H])([2H])O)[C@@H](O)[C@H]2O)c([2H])c(F)c1C. The maximum atomic E-state index is 14.9. The second-order valence-corrected chi connectivity index (χ2v) is 28.2. The molecule has 0 bridgehead atoms. The quantitative estimate of drug-likeness (QED) is 0.0168. The third-order valence-electron chi connectivity index (χ3n) is 17.5. The van der Waals surface area contributed by atoms with Gasteiger partial charge < -0.3 is 76.1 Å². The summed E-state index contributed by atoms with van der Waals surface area (Å²) in [7, 11) is 0. The van der Waals surface area contributed by atoms with Gasteiger partial charge in [0.25, 0.3) is 0 Å². The van der Waals surface area contributed by atoms with E-state index in [1.807, 2.05) is 20.8 Å². The zero-order chi connectivity index (χ0) is 102. The summed E-state index contributed by atoms with van der Waals surface area (Å²) < 4.78 is 303. The van der Waals surface area contributed by atoms with Crippen molar-refractivity contribution >= 4 is 86.2 Å². The Labute approximate surface area is 674 Å². The number of aliphatic hydroxyl groups is 9. The van der Waals surface area contributed by atoms with Crippen molar-refractivity contribution in [3.8, 4) is 0 Å². The zero-order valence-corrected chi connectivity index (χ0v) is 60.5. The second kappa shape index (κ2) is 35.1. The summed E-state index contributed by atoms with van der Waals surface area (Å²) in [5.41, 5.74) is -3.84. The minimum absolute atomic E-state index is 0.00179. The number of fused-ring (bicyclic) bond motifs is 3. The van der Waals surface area contributed by atoms with E-state index >= 15 is 0 Å². The van der Waals surface area contributed by atoms with Crippen LogP contribution in [0.2, 0.25) is 0 Å². The van der Waals surface area contributed by atoms with E-state index in [0.717, 1.165) is 21.1 Å². The Morgan fingerprint density at radius 3 is 1.11 bits per heavy atom. The molecular weight excluding hydrogens is 1460 g/mol. The van der Waals surface area contributed by atoms with Crippen molar-refractivity contribution in [2.75, 3.05) is 72.7 Å². The van der Waals surface area contributed by atoms with E-state index in [1.54, 1.807) is 0 Å². The fourth-order valence-electron chi connectivity index (χ4n) is 11.7. The fraction of sp³-hybridized carbons (Fsp3) is 0.583. The van der Waals surface area contributed by atoms with Crippen molar-refractivity contribution < 1.29 is 113 Å². The Hall–Kier alpha value is -7.14. The van der Waals surface area contributed by atoms with Gasteiger partial charge in [0.2, 0.25) is 0 Å². The third kappa shape index (κ3) is 17.5. The molecule has 0 spiro atoms. The van der Waals surface area contributed by atoms with Crippen LogP contribution in [0.25, 0.3) is 33.5 Å². The minimum atomic E-state index is -3.45. The maximum absolute atomic E-state index is 14.9. The van der Waals surface area contributed by atoms with Crippen molar-refractivity contribution in [1.82, 2.24) is 74.9 Å². The number of halogens is 3. The lowest BCUT2D eigenvalue weighted by molar-refractivity contribution is -0.0629. The minimum Gasteiger partial charge on any atom is -0.394 e. The lowest BCUT2D eigenvalue weighted by Crippen LogP contribution is -2.33. The van der Waals surface area contributed by atoms with E-state index in [0.29, 0.717) is 36.5 Å². The third-order valence-corrected chi connectivity index (χ3v) is 20.6. The molecule has 15 rings (SSSR count). The number of hydrogen-bond acceptors (Lipinski definition) is 30. The lowest BCUT2D eigenvalue weighted by atomic mass is 10.1. The molecule has 6 saturated carbocycles. The number of thioether (sulfide) groups is 3. The summed E-state index contributed by atoms with van der Waals surface area (Å²) in [5.74, 6) is -11.1. The molecule has 9 aromatic rings. The summed E-state index contributed by atoms with van der Waals surface area (Å²) in [5, 5.41) is 125. The molecule has 36 heteroatoms. The van der Waals surface area contributed by atoms with Crippen LogP contribution in [0.4, 0.5) is 30.6 Å². The van der Waals surface area contributed by atoms with Crippen molar-refractivity contribution in [2.24, 2.45) is 0 Å². The molecule has 6 aliphatic carbocycles. The predicted molar refractivity (Wildman–Crippen MR) is 398 cm³/mol. The van der Waals surface area contributed by atoms with Crippen molar-refractivity contribution in [1.29, 1.82) is 0 Å². The number of aliphatic hydroxyl groups excluding tert-OH is 7. The highest BCUT2D eigenvalue weighted by molar-refractivity contribution is 7.99.